The summed E-state index contributed by atoms with van der Waals surface area (Å²) in [6.07, 6.45) is 10.8. The van der Waals surface area contributed by atoms with Crippen LogP contribution in [-0.2, 0) is 6.54 Å². The predicted octanol–water partition coefficient (Wildman–Crippen LogP) is 1.20. The third kappa shape index (κ3) is 3.78. The number of aliphatic hydroxyl groups excluding tert-OH is 1. The van der Waals surface area contributed by atoms with Gasteiger partial charge in [-0.1, -0.05) is 24.5 Å². The SMILES string of the molecule is OCC1(CNCCCn2ccnn2)CCCCC1. The van der Waals surface area contributed by atoms with E-state index in [0.29, 0.717) is 6.61 Å². The van der Waals surface area contributed by atoms with E-state index in [2.05, 4.69) is 15.6 Å². The minimum absolute atomic E-state index is 0.144. The van der Waals surface area contributed by atoms with Crippen molar-refractivity contribution in [3.05, 3.63) is 12.4 Å². The van der Waals surface area contributed by atoms with E-state index in [4.69, 9.17) is 0 Å². The number of hydrogen-bond acceptors (Lipinski definition) is 4. The molecule has 5 heteroatoms. The maximum absolute atomic E-state index is 9.59. The summed E-state index contributed by atoms with van der Waals surface area (Å²) in [6.45, 7) is 3.14. The van der Waals surface area contributed by atoms with Crippen molar-refractivity contribution in [2.75, 3.05) is 19.7 Å². The van der Waals surface area contributed by atoms with E-state index in [1.807, 2.05) is 10.9 Å². The molecule has 2 N–H and O–H groups in total. The largest absolute Gasteiger partial charge is 0.396 e. The molecule has 0 unspecified atom stereocenters. The first-order valence-corrected chi connectivity index (χ1v) is 7.00. The minimum atomic E-state index is 0.144. The van der Waals surface area contributed by atoms with Crippen molar-refractivity contribution in [2.45, 2.75) is 45.1 Å². The monoisotopic (exact) mass is 252 g/mol. The molecule has 5 nitrogen and oxygen atoms in total. The molecule has 102 valence electrons. The summed E-state index contributed by atoms with van der Waals surface area (Å²) in [5, 5.41) is 20.8. The highest BCUT2D eigenvalue weighted by atomic mass is 16.3. The molecule has 0 bridgehead atoms. The van der Waals surface area contributed by atoms with Crippen LogP contribution in [0.2, 0.25) is 0 Å². The van der Waals surface area contributed by atoms with E-state index in [1.54, 1.807) is 6.20 Å². The number of aliphatic hydroxyl groups is 1. The van der Waals surface area contributed by atoms with Crippen LogP contribution >= 0.6 is 0 Å². The van der Waals surface area contributed by atoms with Gasteiger partial charge in [0.05, 0.1) is 6.20 Å². The fourth-order valence-electron chi connectivity index (χ4n) is 2.76. The number of aromatic nitrogens is 3. The molecule has 0 radical (unpaired) electrons. The van der Waals surface area contributed by atoms with E-state index in [-0.39, 0.29) is 5.41 Å². The summed E-state index contributed by atoms with van der Waals surface area (Å²) in [4.78, 5) is 0. The van der Waals surface area contributed by atoms with Crippen molar-refractivity contribution in [3.8, 4) is 0 Å². The number of nitrogens with zero attached hydrogens (tertiary/aromatic N) is 3. The van der Waals surface area contributed by atoms with Crippen molar-refractivity contribution < 1.29 is 5.11 Å². The van der Waals surface area contributed by atoms with Crippen molar-refractivity contribution >= 4 is 0 Å². The Labute approximate surface area is 109 Å². The maximum atomic E-state index is 9.59. The molecule has 2 rings (SSSR count). The number of aryl methyl sites for hydroxylation is 1. The second kappa shape index (κ2) is 6.85. The van der Waals surface area contributed by atoms with Gasteiger partial charge in [-0.05, 0) is 25.8 Å². The number of nitrogens with one attached hydrogen (secondary N) is 1. The first-order valence-electron chi connectivity index (χ1n) is 7.00. The summed E-state index contributed by atoms with van der Waals surface area (Å²) in [5.41, 5.74) is 0.144. The molecule has 1 aliphatic rings. The van der Waals surface area contributed by atoms with Gasteiger partial charge >= 0.3 is 0 Å². The Kier molecular flexibility index (Phi) is 5.13. The molecule has 0 spiro atoms. The van der Waals surface area contributed by atoms with Crippen LogP contribution in [0.15, 0.2) is 12.4 Å². The van der Waals surface area contributed by atoms with E-state index < -0.39 is 0 Å². The van der Waals surface area contributed by atoms with Crippen LogP contribution in [0.1, 0.15) is 38.5 Å². The average Bonchev–Trinajstić information content (AvgIpc) is 2.93. The van der Waals surface area contributed by atoms with Crippen molar-refractivity contribution in [3.63, 3.8) is 0 Å². The van der Waals surface area contributed by atoms with E-state index >= 15 is 0 Å². The van der Waals surface area contributed by atoms with Crippen LogP contribution in [0.3, 0.4) is 0 Å². The third-order valence-electron chi connectivity index (χ3n) is 3.96. The number of hydrogen-bond donors (Lipinski definition) is 2. The lowest BCUT2D eigenvalue weighted by atomic mass is 9.74. The van der Waals surface area contributed by atoms with E-state index in [1.165, 1.54) is 32.1 Å². The van der Waals surface area contributed by atoms with Gasteiger partial charge in [0.2, 0.25) is 0 Å². The van der Waals surface area contributed by atoms with Gasteiger partial charge in [-0.3, -0.25) is 4.68 Å². The molecule has 0 atom stereocenters. The van der Waals surface area contributed by atoms with Gasteiger partial charge in [0.15, 0.2) is 0 Å². The molecular weight excluding hydrogens is 228 g/mol. The van der Waals surface area contributed by atoms with Gasteiger partial charge in [-0.2, -0.15) is 0 Å². The Morgan fingerprint density at radius 3 is 2.78 bits per heavy atom. The fourth-order valence-corrected chi connectivity index (χ4v) is 2.76. The second-order valence-corrected chi connectivity index (χ2v) is 5.42. The Hall–Kier alpha value is -0.940. The fraction of sp³-hybridized carbons (Fsp3) is 0.846. The van der Waals surface area contributed by atoms with Gasteiger partial charge in [0, 0.05) is 31.3 Å². The summed E-state index contributed by atoms with van der Waals surface area (Å²) in [5.74, 6) is 0. The van der Waals surface area contributed by atoms with Gasteiger partial charge < -0.3 is 10.4 Å². The van der Waals surface area contributed by atoms with Crippen LogP contribution in [0.25, 0.3) is 0 Å². The molecule has 0 aliphatic heterocycles. The minimum Gasteiger partial charge on any atom is -0.396 e. The Bertz CT molecular complexity index is 320. The summed E-state index contributed by atoms with van der Waals surface area (Å²) < 4.78 is 1.85. The molecule has 1 aromatic rings. The molecular formula is C13H24N4O. The van der Waals surface area contributed by atoms with Gasteiger partial charge in [-0.25, -0.2) is 0 Å². The van der Waals surface area contributed by atoms with Crippen molar-refractivity contribution in [2.24, 2.45) is 5.41 Å². The lowest BCUT2D eigenvalue weighted by Crippen LogP contribution is -2.39. The quantitative estimate of drug-likeness (QED) is 0.716. The normalized spacial score (nSPS) is 18.9. The Balaban J connectivity index is 1.61. The lowest BCUT2D eigenvalue weighted by Gasteiger charge is -2.35. The Morgan fingerprint density at radius 1 is 1.28 bits per heavy atom. The summed E-state index contributed by atoms with van der Waals surface area (Å²) in [6, 6.07) is 0. The van der Waals surface area contributed by atoms with Crippen LogP contribution in [-0.4, -0.2) is 39.8 Å². The highest BCUT2D eigenvalue weighted by molar-refractivity contribution is 4.84. The number of rotatable bonds is 7. The zero-order chi connectivity index (χ0) is 12.7. The highest BCUT2D eigenvalue weighted by Crippen LogP contribution is 2.35. The van der Waals surface area contributed by atoms with E-state index in [9.17, 15) is 5.11 Å². The summed E-state index contributed by atoms with van der Waals surface area (Å²) >= 11 is 0. The third-order valence-corrected chi connectivity index (χ3v) is 3.96. The molecule has 1 heterocycles. The lowest BCUT2D eigenvalue weighted by molar-refractivity contribution is 0.0814. The van der Waals surface area contributed by atoms with Crippen LogP contribution in [0, 0.1) is 5.41 Å². The molecule has 1 aromatic heterocycles. The van der Waals surface area contributed by atoms with Gasteiger partial charge in [0.25, 0.3) is 0 Å². The molecule has 1 saturated carbocycles. The van der Waals surface area contributed by atoms with Gasteiger partial charge in [0.1, 0.15) is 0 Å². The van der Waals surface area contributed by atoms with E-state index in [0.717, 1.165) is 26.1 Å². The molecule has 0 aromatic carbocycles. The summed E-state index contributed by atoms with van der Waals surface area (Å²) in [7, 11) is 0. The topological polar surface area (TPSA) is 63.0 Å². The first-order chi connectivity index (χ1) is 8.85. The second-order valence-electron chi connectivity index (χ2n) is 5.42. The zero-order valence-corrected chi connectivity index (χ0v) is 11.0. The molecule has 0 saturated heterocycles. The Morgan fingerprint density at radius 2 is 2.11 bits per heavy atom. The van der Waals surface area contributed by atoms with Crippen LogP contribution < -0.4 is 5.32 Å². The molecule has 1 fully saturated rings. The van der Waals surface area contributed by atoms with Crippen molar-refractivity contribution in [1.82, 2.24) is 20.3 Å². The molecule has 18 heavy (non-hydrogen) atoms. The van der Waals surface area contributed by atoms with Gasteiger partial charge in [-0.15, -0.1) is 5.10 Å². The van der Waals surface area contributed by atoms with Crippen LogP contribution in [0.4, 0.5) is 0 Å². The first kappa shape index (κ1) is 13.5. The highest BCUT2D eigenvalue weighted by Gasteiger charge is 2.30. The predicted molar refractivity (Wildman–Crippen MR) is 70.1 cm³/mol. The average molecular weight is 252 g/mol. The maximum Gasteiger partial charge on any atom is 0.0692 e. The molecule has 1 aliphatic carbocycles. The zero-order valence-electron chi connectivity index (χ0n) is 11.0. The van der Waals surface area contributed by atoms with Crippen LogP contribution in [0.5, 0.6) is 0 Å². The molecule has 0 amide bonds. The smallest absolute Gasteiger partial charge is 0.0692 e. The standard InChI is InChI=1S/C13H24N4O/c18-12-13(5-2-1-3-6-13)11-14-7-4-9-17-10-8-15-16-17/h8,10,14,18H,1-7,9,11-12H2. The van der Waals surface area contributed by atoms with Crippen molar-refractivity contribution in [1.29, 1.82) is 0 Å².